The maximum Gasteiger partial charge on any atom is 0.243 e. The number of amides is 1. The highest BCUT2D eigenvalue weighted by Gasteiger charge is 2.32. The van der Waals surface area contributed by atoms with Crippen LogP contribution in [0.1, 0.15) is 65.2 Å². The summed E-state index contributed by atoms with van der Waals surface area (Å²) in [6.45, 7) is 11.9. The number of piperidine rings is 1. The molecule has 1 amide bonds. The van der Waals surface area contributed by atoms with E-state index in [0.717, 1.165) is 38.2 Å². The van der Waals surface area contributed by atoms with E-state index in [1.807, 2.05) is 25.7 Å². The Morgan fingerprint density at radius 1 is 1.39 bits per heavy atom. The second-order valence-corrected chi connectivity index (χ2v) is 6.79. The Labute approximate surface area is 139 Å². The van der Waals surface area contributed by atoms with Gasteiger partial charge in [0.15, 0.2) is 5.82 Å². The summed E-state index contributed by atoms with van der Waals surface area (Å²) in [6.07, 6.45) is 2.80. The predicted octanol–water partition coefficient (Wildman–Crippen LogP) is 2.57. The van der Waals surface area contributed by atoms with E-state index >= 15 is 0 Å². The van der Waals surface area contributed by atoms with E-state index < -0.39 is 0 Å². The molecule has 3 atom stereocenters. The summed E-state index contributed by atoms with van der Waals surface area (Å²) in [6, 6.07) is 0.414. The quantitative estimate of drug-likeness (QED) is 0.871. The molecule has 1 aromatic rings. The van der Waals surface area contributed by atoms with E-state index in [2.05, 4.69) is 29.3 Å². The first-order valence-corrected chi connectivity index (χ1v) is 8.83. The molecule has 130 valence electrons. The normalized spacial score (nSPS) is 23.3. The van der Waals surface area contributed by atoms with Crippen molar-refractivity contribution in [2.24, 2.45) is 11.8 Å². The molecular formula is C17H30N4O2. The molecule has 0 radical (unpaired) electrons. The summed E-state index contributed by atoms with van der Waals surface area (Å²) >= 11 is 0. The molecule has 2 rings (SSSR count). The van der Waals surface area contributed by atoms with Crippen molar-refractivity contribution in [3.8, 4) is 0 Å². The van der Waals surface area contributed by atoms with Crippen LogP contribution in [0.15, 0.2) is 4.52 Å². The summed E-state index contributed by atoms with van der Waals surface area (Å²) in [5.41, 5.74) is 0. The molecule has 1 aliphatic rings. The molecule has 0 saturated carbocycles. The highest BCUT2D eigenvalue weighted by Crippen LogP contribution is 2.24. The van der Waals surface area contributed by atoms with Crippen LogP contribution in [0.4, 0.5) is 0 Å². The second-order valence-electron chi connectivity index (χ2n) is 6.79. The molecule has 1 saturated heterocycles. The minimum atomic E-state index is 0.0363. The predicted molar refractivity (Wildman–Crippen MR) is 88.8 cm³/mol. The van der Waals surface area contributed by atoms with Crippen LogP contribution in [0.5, 0.6) is 0 Å². The molecule has 0 bridgehead atoms. The number of aromatic nitrogens is 2. The molecule has 0 unspecified atom stereocenters. The van der Waals surface area contributed by atoms with E-state index in [1.165, 1.54) is 0 Å². The van der Waals surface area contributed by atoms with E-state index in [-0.39, 0.29) is 17.9 Å². The summed E-state index contributed by atoms with van der Waals surface area (Å²) in [7, 11) is 0. The molecule has 1 fully saturated rings. The van der Waals surface area contributed by atoms with Crippen molar-refractivity contribution in [3.63, 3.8) is 0 Å². The first kappa shape index (κ1) is 17.9. The van der Waals surface area contributed by atoms with Crippen LogP contribution < -0.4 is 5.32 Å². The lowest BCUT2D eigenvalue weighted by atomic mass is 9.88. The molecule has 6 nitrogen and oxygen atoms in total. The van der Waals surface area contributed by atoms with Gasteiger partial charge in [-0.15, -0.1) is 0 Å². The Morgan fingerprint density at radius 3 is 2.70 bits per heavy atom. The first-order chi connectivity index (χ1) is 11.0. The van der Waals surface area contributed by atoms with Crippen molar-refractivity contribution in [2.75, 3.05) is 13.1 Å². The van der Waals surface area contributed by atoms with Crippen LogP contribution in [-0.2, 0) is 11.2 Å². The highest BCUT2D eigenvalue weighted by molar-refractivity contribution is 5.78. The molecule has 0 spiro atoms. The maximum atomic E-state index is 12.2. The van der Waals surface area contributed by atoms with Crippen molar-refractivity contribution in [1.29, 1.82) is 0 Å². The minimum absolute atomic E-state index is 0.0363. The van der Waals surface area contributed by atoms with Gasteiger partial charge in [-0.3, -0.25) is 4.79 Å². The Kier molecular flexibility index (Phi) is 6.16. The van der Waals surface area contributed by atoms with Gasteiger partial charge in [0.2, 0.25) is 11.8 Å². The van der Waals surface area contributed by atoms with Crippen LogP contribution in [-0.4, -0.2) is 40.1 Å². The fraction of sp³-hybridized carbons (Fsp3) is 0.824. The summed E-state index contributed by atoms with van der Waals surface area (Å²) in [4.78, 5) is 18.6. The van der Waals surface area contributed by atoms with Crippen molar-refractivity contribution >= 4 is 5.91 Å². The lowest BCUT2D eigenvalue weighted by molar-refractivity contribution is -0.136. The fourth-order valence-corrected chi connectivity index (χ4v) is 3.21. The number of likely N-dealkylation sites (tertiary alicyclic amines) is 1. The molecule has 6 heteroatoms. The van der Waals surface area contributed by atoms with Crippen LogP contribution in [0, 0.1) is 11.8 Å². The largest absolute Gasteiger partial charge is 0.342 e. The number of rotatable bonds is 6. The van der Waals surface area contributed by atoms with Crippen LogP contribution in [0.25, 0.3) is 0 Å². The number of carbonyl (C=O) groups is 1. The van der Waals surface area contributed by atoms with E-state index in [4.69, 9.17) is 4.52 Å². The SMILES string of the molecule is CCc1noc([C@H](C)N[C@@H]2CCN(C(=O)C(C)C)C[C@H]2CC)n1. The number of nitrogens with zero attached hydrogens (tertiary/aromatic N) is 3. The maximum absolute atomic E-state index is 12.2. The third-order valence-electron chi connectivity index (χ3n) is 4.70. The van der Waals surface area contributed by atoms with Gasteiger partial charge >= 0.3 is 0 Å². The summed E-state index contributed by atoms with van der Waals surface area (Å²) in [5.74, 6) is 2.19. The number of hydrogen-bond acceptors (Lipinski definition) is 5. The molecule has 23 heavy (non-hydrogen) atoms. The van der Waals surface area contributed by atoms with Gasteiger partial charge in [-0.1, -0.05) is 39.3 Å². The topological polar surface area (TPSA) is 71.3 Å². The zero-order chi connectivity index (χ0) is 17.0. The van der Waals surface area contributed by atoms with E-state index in [0.29, 0.717) is 17.9 Å². The summed E-state index contributed by atoms with van der Waals surface area (Å²) in [5, 5.41) is 7.59. The molecule has 0 aliphatic carbocycles. The van der Waals surface area contributed by atoms with Gasteiger partial charge in [0, 0.05) is 31.5 Å². The van der Waals surface area contributed by atoms with Gasteiger partial charge in [-0.05, 0) is 19.3 Å². The fourth-order valence-electron chi connectivity index (χ4n) is 3.21. The van der Waals surface area contributed by atoms with E-state index in [9.17, 15) is 4.79 Å². The lowest BCUT2D eigenvalue weighted by Gasteiger charge is -2.40. The van der Waals surface area contributed by atoms with Gasteiger partial charge in [0.25, 0.3) is 0 Å². The van der Waals surface area contributed by atoms with Crippen molar-refractivity contribution < 1.29 is 9.32 Å². The Hall–Kier alpha value is -1.43. The van der Waals surface area contributed by atoms with Gasteiger partial charge < -0.3 is 14.7 Å². The number of carbonyl (C=O) groups excluding carboxylic acids is 1. The lowest BCUT2D eigenvalue weighted by Crippen LogP contribution is -2.52. The van der Waals surface area contributed by atoms with Crippen molar-refractivity contribution in [3.05, 3.63) is 11.7 Å². The monoisotopic (exact) mass is 322 g/mol. The second kappa shape index (κ2) is 7.90. The number of nitrogens with one attached hydrogen (secondary N) is 1. The molecule has 1 aromatic heterocycles. The van der Waals surface area contributed by atoms with Crippen LogP contribution in [0.2, 0.25) is 0 Å². The Balaban J connectivity index is 1.96. The van der Waals surface area contributed by atoms with Crippen LogP contribution >= 0.6 is 0 Å². The zero-order valence-electron chi connectivity index (χ0n) is 15.0. The van der Waals surface area contributed by atoms with Gasteiger partial charge in [0.05, 0.1) is 6.04 Å². The van der Waals surface area contributed by atoms with Crippen molar-refractivity contribution in [2.45, 2.75) is 66.0 Å². The summed E-state index contributed by atoms with van der Waals surface area (Å²) < 4.78 is 5.33. The standard InChI is InChI=1S/C17H30N4O2/c1-6-13-10-21(17(22)11(3)4)9-8-14(13)18-12(5)16-19-15(7-2)20-23-16/h11-14,18H,6-10H2,1-5H3/t12-,13+,14+/m0/s1. The smallest absolute Gasteiger partial charge is 0.243 e. The van der Waals surface area contributed by atoms with Crippen LogP contribution in [0.3, 0.4) is 0 Å². The van der Waals surface area contributed by atoms with Crippen molar-refractivity contribution in [1.82, 2.24) is 20.4 Å². The first-order valence-electron chi connectivity index (χ1n) is 8.83. The molecular weight excluding hydrogens is 292 g/mol. The molecule has 1 N–H and O–H groups in total. The minimum Gasteiger partial charge on any atom is -0.342 e. The third kappa shape index (κ3) is 4.31. The van der Waals surface area contributed by atoms with Gasteiger partial charge in [0.1, 0.15) is 0 Å². The average Bonchev–Trinajstić information content (AvgIpc) is 3.03. The van der Waals surface area contributed by atoms with Gasteiger partial charge in [-0.2, -0.15) is 4.98 Å². The van der Waals surface area contributed by atoms with E-state index in [1.54, 1.807) is 0 Å². The number of hydrogen-bond donors (Lipinski definition) is 1. The number of aryl methyl sites for hydroxylation is 1. The zero-order valence-corrected chi connectivity index (χ0v) is 15.0. The Morgan fingerprint density at radius 2 is 2.13 bits per heavy atom. The molecule has 1 aliphatic heterocycles. The van der Waals surface area contributed by atoms with Gasteiger partial charge in [-0.25, -0.2) is 0 Å². The molecule has 0 aromatic carbocycles. The molecule has 2 heterocycles. The third-order valence-corrected chi connectivity index (χ3v) is 4.70. The highest BCUT2D eigenvalue weighted by atomic mass is 16.5. The average molecular weight is 322 g/mol. The Bertz CT molecular complexity index is 514.